The summed E-state index contributed by atoms with van der Waals surface area (Å²) in [4.78, 5) is 22.8. The molecule has 1 aromatic rings. The van der Waals surface area contributed by atoms with Crippen molar-refractivity contribution in [3.8, 4) is 0 Å². The smallest absolute Gasteiger partial charge is 0.290 e. The molecule has 0 aromatic heterocycles. The Kier molecular flexibility index (Phi) is 9.75. The summed E-state index contributed by atoms with van der Waals surface area (Å²) in [5, 5.41) is 0. The fourth-order valence-electron chi connectivity index (χ4n) is 1.70. The number of phosphoric acid groups is 1. The summed E-state index contributed by atoms with van der Waals surface area (Å²) in [6.07, 6.45) is 3.35. The molecule has 0 radical (unpaired) electrons. The average Bonchev–Trinajstić information content (AvgIpc) is 2.54. The van der Waals surface area contributed by atoms with Crippen LogP contribution in [-0.4, -0.2) is 25.7 Å². The lowest BCUT2D eigenvalue weighted by Gasteiger charge is -2.21. The van der Waals surface area contributed by atoms with Crippen LogP contribution < -0.4 is 10.4 Å². The highest BCUT2D eigenvalue weighted by molar-refractivity contribution is 7.45. The Balaban J connectivity index is 2.14. The first-order chi connectivity index (χ1) is 11.0. The van der Waals surface area contributed by atoms with Gasteiger partial charge >= 0.3 is 0 Å². The maximum atomic E-state index is 11.5. The fraction of sp³-hybridized carbons (Fsp3) is 0.533. The van der Waals surface area contributed by atoms with Gasteiger partial charge < -0.3 is 14.2 Å². The van der Waals surface area contributed by atoms with Gasteiger partial charge in [0.25, 0.3) is 13.7 Å². The lowest BCUT2D eigenvalue weighted by atomic mass is 10.2. The molecule has 0 saturated carbocycles. The molecule has 0 bridgehead atoms. The molecule has 1 N–H and O–H groups in total. The van der Waals surface area contributed by atoms with Gasteiger partial charge in [-0.2, -0.15) is 0 Å². The number of hydrogen-bond acceptors (Lipinski definition) is 6. The third-order valence-electron chi connectivity index (χ3n) is 2.88. The predicted octanol–water partition coefficient (Wildman–Crippen LogP) is 1.97. The third kappa shape index (κ3) is 10.2. The van der Waals surface area contributed by atoms with Gasteiger partial charge in [-0.25, -0.2) is 10.1 Å². The molecular formula is C15H23NO6P-. The van der Waals surface area contributed by atoms with Crippen LogP contribution in [0.3, 0.4) is 0 Å². The number of ether oxygens (including phenoxy) is 1. The van der Waals surface area contributed by atoms with E-state index in [4.69, 9.17) is 4.74 Å². The molecule has 0 aliphatic heterocycles. The maximum absolute atomic E-state index is 11.5. The molecule has 1 rings (SSSR count). The van der Waals surface area contributed by atoms with Gasteiger partial charge in [-0.05, 0) is 18.4 Å². The minimum atomic E-state index is -4.57. The van der Waals surface area contributed by atoms with Gasteiger partial charge in [-0.3, -0.25) is 9.36 Å². The van der Waals surface area contributed by atoms with Crippen molar-refractivity contribution in [3.05, 3.63) is 35.9 Å². The molecule has 0 spiro atoms. The van der Waals surface area contributed by atoms with Gasteiger partial charge in [0.2, 0.25) is 0 Å². The highest BCUT2D eigenvalue weighted by Gasteiger charge is 2.12. The van der Waals surface area contributed by atoms with Gasteiger partial charge in [0.15, 0.2) is 0 Å². The van der Waals surface area contributed by atoms with E-state index < -0.39 is 13.7 Å². The Labute approximate surface area is 136 Å². The number of hydroxylamine groups is 1. The van der Waals surface area contributed by atoms with Crippen molar-refractivity contribution < 1.29 is 28.1 Å². The van der Waals surface area contributed by atoms with Crippen molar-refractivity contribution in [1.29, 1.82) is 0 Å². The van der Waals surface area contributed by atoms with Crippen LogP contribution in [0, 0.1) is 0 Å². The zero-order chi connectivity index (χ0) is 17.0. The van der Waals surface area contributed by atoms with Gasteiger partial charge in [0, 0.05) is 6.61 Å². The van der Waals surface area contributed by atoms with Crippen LogP contribution in [0.1, 0.15) is 31.7 Å². The molecule has 1 aromatic carbocycles. The Bertz CT molecular complexity index is 496. The molecule has 0 aliphatic rings. The van der Waals surface area contributed by atoms with E-state index in [1.165, 1.54) is 0 Å². The lowest BCUT2D eigenvalue weighted by Crippen LogP contribution is -2.29. The summed E-state index contributed by atoms with van der Waals surface area (Å²) in [5.74, 6) is -0.677. The number of benzene rings is 1. The third-order valence-corrected chi connectivity index (χ3v) is 3.69. The Hall–Kier alpha value is -1.24. The lowest BCUT2D eigenvalue weighted by molar-refractivity contribution is -0.231. The number of carbonyl (C=O) groups excluding carboxylic acids is 1. The van der Waals surface area contributed by atoms with E-state index >= 15 is 0 Å². The van der Waals surface area contributed by atoms with Crippen LogP contribution in [-0.2, 0) is 29.7 Å². The topological polar surface area (TPSA) is 96.9 Å². The van der Waals surface area contributed by atoms with E-state index in [1.54, 1.807) is 5.48 Å². The van der Waals surface area contributed by atoms with Crippen LogP contribution in [0.2, 0.25) is 0 Å². The van der Waals surface area contributed by atoms with Gasteiger partial charge in [0.05, 0.1) is 6.61 Å². The van der Waals surface area contributed by atoms with E-state index in [0.29, 0.717) is 13.0 Å². The molecule has 8 heteroatoms. The first-order valence-electron chi connectivity index (χ1n) is 7.58. The second kappa shape index (κ2) is 11.3. The zero-order valence-electron chi connectivity index (χ0n) is 13.2. The van der Waals surface area contributed by atoms with Crippen LogP contribution in [0.5, 0.6) is 0 Å². The minimum absolute atomic E-state index is 0.0613. The molecule has 1 atom stereocenters. The van der Waals surface area contributed by atoms with Crippen molar-refractivity contribution in [2.45, 2.75) is 32.6 Å². The highest BCUT2D eigenvalue weighted by Crippen LogP contribution is 2.36. The summed E-state index contributed by atoms with van der Waals surface area (Å²) >= 11 is 0. The summed E-state index contributed by atoms with van der Waals surface area (Å²) < 4.78 is 25.5. The van der Waals surface area contributed by atoms with E-state index in [2.05, 4.69) is 16.1 Å². The number of rotatable bonds is 12. The Morgan fingerprint density at radius 3 is 2.65 bits per heavy atom. The van der Waals surface area contributed by atoms with Crippen LogP contribution in [0.4, 0.5) is 0 Å². The molecule has 23 heavy (non-hydrogen) atoms. The van der Waals surface area contributed by atoms with Crippen LogP contribution in [0.25, 0.3) is 0 Å². The molecule has 130 valence electrons. The average molecular weight is 344 g/mol. The second-order valence-corrected chi connectivity index (χ2v) is 6.23. The number of phosphoric ester groups is 1. The molecule has 7 nitrogen and oxygen atoms in total. The first kappa shape index (κ1) is 19.8. The largest absolute Gasteiger partial charge is 0.755 e. The Morgan fingerprint density at radius 1 is 1.22 bits per heavy atom. The number of nitrogens with one attached hydrogen (secondary N) is 1. The highest BCUT2D eigenvalue weighted by atomic mass is 31.2. The van der Waals surface area contributed by atoms with Crippen LogP contribution >= 0.6 is 7.82 Å². The summed E-state index contributed by atoms with van der Waals surface area (Å²) in [6, 6.07) is 9.29. The number of carbonyl (C=O) groups is 1. The molecule has 1 unspecified atom stereocenters. The van der Waals surface area contributed by atoms with Crippen LogP contribution in [0.15, 0.2) is 30.3 Å². The predicted molar refractivity (Wildman–Crippen MR) is 83.3 cm³/mol. The molecule has 0 heterocycles. The SMILES string of the molecule is CCCCCOCC(=O)NOP(=O)([O-])OCCc1ccccc1. The molecule has 0 fully saturated rings. The summed E-state index contributed by atoms with van der Waals surface area (Å²) in [6.45, 7) is 2.19. The van der Waals surface area contributed by atoms with E-state index in [9.17, 15) is 14.3 Å². The molecule has 1 amide bonds. The van der Waals surface area contributed by atoms with Crippen molar-refractivity contribution in [1.82, 2.24) is 5.48 Å². The summed E-state index contributed by atoms with van der Waals surface area (Å²) in [7, 11) is -4.57. The van der Waals surface area contributed by atoms with Gasteiger partial charge in [-0.15, -0.1) is 0 Å². The van der Waals surface area contributed by atoms with Crippen molar-refractivity contribution >= 4 is 13.7 Å². The quantitative estimate of drug-likeness (QED) is 0.354. The molecule has 0 saturated heterocycles. The van der Waals surface area contributed by atoms with Crippen molar-refractivity contribution in [2.24, 2.45) is 0 Å². The van der Waals surface area contributed by atoms with Crippen molar-refractivity contribution in [3.63, 3.8) is 0 Å². The fourth-order valence-corrected chi connectivity index (χ4v) is 2.28. The maximum Gasteiger partial charge on any atom is 0.290 e. The Morgan fingerprint density at radius 2 is 1.96 bits per heavy atom. The van der Waals surface area contributed by atoms with Gasteiger partial charge in [-0.1, -0.05) is 50.1 Å². The minimum Gasteiger partial charge on any atom is -0.755 e. The first-order valence-corrected chi connectivity index (χ1v) is 9.04. The standard InChI is InChI=1S/C15H24NO6P/c1-2-3-7-11-20-13-15(17)16-22-23(18,19)21-12-10-14-8-5-4-6-9-14/h4-6,8-9H,2-3,7,10-13H2,1H3,(H,16,17)(H,18,19)/p-1. The monoisotopic (exact) mass is 344 g/mol. The number of amides is 1. The van der Waals surface area contributed by atoms with Gasteiger partial charge in [0.1, 0.15) is 6.61 Å². The van der Waals surface area contributed by atoms with E-state index in [1.807, 2.05) is 30.3 Å². The van der Waals surface area contributed by atoms with E-state index in [0.717, 1.165) is 24.8 Å². The number of unbranched alkanes of at least 4 members (excludes halogenated alkanes) is 2. The van der Waals surface area contributed by atoms with Crippen molar-refractivity contribution in [2.75, 3.05) is 19.8 Å². The van der Waals surface area contributed by atoms with E-state index in [-0.39, 0.29) is 13.2 Å². The second-order valence-electron chi connectivity index (χ2n) is 4.89. The molecule has 0 aliphatic carbocycles. The zero-order valence-corrected chi connectivity index (χ0v) is 14.1. The molecular weight excluding hydrogens is 321 g/mol. The summed E-state index contributed by atoms with van der Waals surface area (Å²) in [5.41, 5.74) is 2.74. The normalized spacial score (nSPS) is 13.5. The number of hydrogen-bond donors (Lipinski definition) is 1.